The van der Waals surface area contributed by atoms with Crippen LogP contribution in [-0.4, -0.2) is 42.3 Å². The van der Waals surface area contributed by atoms with Crippen molar-refractivity contribution >= 4 is 0 Å². The molecule has 0 saturated heterocycles. The minimum absolute atomic E-state index is 0.374. The highest BCUT2D eigenvalue weighted by Gasteiger charge is 2.21. The van der Waals surface area contributed by atoms with Crippen LogP contribution in [0.5, 0.6) is 0 Å². The summed E-state index contributed by atoms with van der Waals surface area (Å²) in [5, 5.41) is 9.87. The molecule has 0 amide bonds. The summed E-state index contributed by atoms with van der Waals surface area (Å²) in [5.41, 5.74) is 4.87. The first-order chi connectivity index (χ1) is 6.08. The van der Waals surface area contributed by atoms with E-state index >= 15 is 0 Å². The molecule has 13 heavy (non-hydrogen) atoms. The highest BCUT2D eigenvalue weighted by molar-refractivity contribution is 4.77. The smallest absolute Gasteiger partial charge is 0.0767 e. The van der Waals surface area contributed by atoms with Gasteiger partial charge in [-0.3, -0.25) is 0 Å². The van der Waals surface area contributed by atoms with Crippen LogP contribution in [0.4, 0.5) is 0 Å². The van der Waals surface area contributed by atoms with Gasteiger partial charge in [0.05, 0.1) is 5.60 Å². The second kappa shape index (κ2) is 6.35. The van der Waals surface area contributed by atoms with Crippen LogP contribution in [0.15, 0.2) is 0 Å². The van der Waals surface area contributed by atoms with E-state index < -0.39 is 5.60 Å². The topological polar surface area (TPSA) is 49.5 Å². The second-order valence-corrected chi connectivity index (χ2v) is 3.78. The van der Waals surface area contributed by atoms with E-state index in [2.05, 4.69) is 18.9 Å². The van der Waals surface area contributed by atoms with Gasteiger partial charge in [0.15, 0.2) is 0 Å². The minimum atomic E-state index is -0.630. The Balaban J connectivity index is 3.61. The van der Waals surface area contributed by atoms with Crippen molar-refractivity contribution in [2.75, 3.05) is 26.7 Å². The highest BCUT2D eigenvalue weighted by Crippen LogP contribution is 2.15. The Labute approximate surface area is 81.9 Å². The average Bonchev–Trinajstić information content (AvgIpc) is 2.17. The molecule has 0 radical (unpaired) electrons. The Hall–Kier alpha value is -0.120. The molecule has 80 valence electrons. The average molecular weight is 188 g/mol. The van der Waals surface area contributed by atoms with Gasteiger partial charge in [-0.05, 0) is 39.4 Å². The molecular weight excluding hydrogens is 164 g/mol. The van der Waals surface area contributed by atoms with Crippen molar-refractivity contribution in [2.45, 2.75) is 38.7 Å². The lowest BCUT2D eigenvalue weighted by Gasteiger charge is -2.25. The molecule has 0 spiro atoms. The number of aliphatic hydroxyl groups is 1. The Morgan fingerprint density at radius 2 is 2.00 bits per heavy atom. The van der Waals surface area contributed by atoms with E-state index in [0.29, 0.717) is 6.54 Å². The molecule has 0 saturated carbocycles. The summed E-state index contributed by atoms with van der Waals surface area (Å²) < 4.78 is 0. The zero-order chi connectivity index (χ0) is 10.3. The monoisotopic (exact) mass is 188 g/mol. The summed E-state index contributed by atoms with van der Waals surface area (Å²) in [4.78, 5) is 2.24. The van der Waals surface area contributed by atoms with Crippen molar-refractivity contribution < 1.29 is 5.11 Å². The molecule has 0 rings (SSSR count). The Morgan fingerprint density at radius 1 is 1.38 bits per heavy atom. The third-order valence-corrected chi connectivity index (χ3v) is 2.76. The quantitative estimate of drug-likeness (QED) is 0.622. The van der Waals surface area contributed by atoms with Crippen molar-refractivity contribution in [3.8, 4) is 0 Å². The van der Waals surface area contributed by atoms with Gasteiger partial charge in [0.25, 0.3) is 0 Å². The maximum Gasteiger partial charge on any atom is 0.0767 e. The molecule has 3 nitrogen and oxygen atoms in total. The number of hydrogen-bond donors (Lipinski definition) is 2. The van der Waals surface area contributed by atoms with E-state index in [0.717, 1.165) is 32.4 Å². The predicted octanol–water partition coefficient (Wildman–Crippen LogP) is 0.818. The molecule has 0 heterocycles. The van der Waals surface area contributed by atoms with E-state index in [1.54, 1.807) is 0 Å². The van der Waals surface area contributed by atoms with E-state index in [4.69, 9.17) is 5.73 Å². The van der Waals surface area contributed by atoms with Crippen LogP contribution in [0, 0.1) is 0 Å². The largest absolute Gasteiger partial charge is 0.389 e. The van der Waals surface area contributed by atoms with Crippen LogP contribution in [0.25, 0.3) is 0 Å². The Morgan fingerprint density at radius 3 is 2.38 bits per heavy atom. The van der Waals surface area contributed by atoms with Crippen molar-refractivity contribution in [2.24, 2.45) is 5.73 Å². The summed E-state index contributed by atoms with van der Waals surface area (Å²) in [7, 11) is 2.09. The molecule has 0 aliphatic carbocycles. The van der Waals surface area contributed by atoms with Gasteiger partial charge in [0.1, 0.15) is 0 Å². The van der Waals surface area contributed by atoms with Gasteiger partial charge >= 0.3 is 0 Å². The van der Waals surface area contributed by atoms with Crippen molar-refractivity contribution in [1.29, 1.82) is 0 Å². The first-order valence-corrected chi connectivity index (χ1v) is 5.19. The third kappa shape index (κ3) is 5.24. The predicted molar refractivity (Wildman–Crippen MR) is 56.7 cm³/mol. The normalized spacial score (nSPS) is 16.2. The first-order valence-electron chi connectivity index (χ1n) is 5.19. The summed E-state index contributed by atoms with van der Waals surface area (Å²) in [6.07, 6.45) is 2.58. The second-order valence-electron chi connectivity index (χ2n) is 3.78. The van der Waals surface area contributed by atoms with Crippen LogP contribution in [0.3, 0.4) is 0 Å². The lowest BCUT2D eigenvalue weighted by Crippen LogP contribution is -2.37. The lowest BCUT2D eigenvalue weighted by atomic mass is 9.95. The van der Waals surface area contributed by atoms with Gasteiger partial charge in [-0.15, -0.1) is 0 Å². The number of nitrogens with two attached hydrogens (primary N) is 1. The van der Waals surface area contributed by atoms with Crippen LogP contribution in [0.2, 0.25) is 0 Å². The SMILES string of the molecule is CCN(C)CCCC(O)(CC)CN. The van der Waals surface area contributed by atoms with E-state index in [1.165, 1.54) is 0 Å². The van der Waals surface area contributed by atoms with Crippen molar-refractivity contribution in [3.63, 3.8) is 0 Å². The van der Waals surface area contributed by atoms with Gasteiger partial charge in [-0.1, -0.05) is 13.8 Å². The molecule has 0 aromatic heterocycles. The fourth-order valence-electron chi connectivity index (χ4n) is 1.26. The molecule has 3 heteroatoms. The summed E-state index contributed by atoms with van der Waals surface area (Å²) in [6.45, 7) is 6.59. The van der Waals surface area contributed by atoms with E-state index in [-0.39, 0.29) is 0 Å². The molecule has 1 unspecified atom stereocenters. The van der Waals surface area contributed by atoms with Crippen molar-refractivity contribution in [1.82, 2.24) is 4.90 Å². The van der Waals surface area contributed by atoms with Crippen molar-refractivity contribution in [3.05, 3.63) is 0 Å². The maximum absolute atomic E-state index is 9.87. The molecule has 0 aromatic rings. The highest BCUT2D eigenvalue weighted by atomic mass is 16.3. The zero-order valence-electron chi connectivity index (χ0n) is 9.21. The fourth-order valence-corrected chi connectivity index (χ4v) is 1.26. The van der Waals surface area contributed by atoms with Crippen LogP contribution in [-0.2, 0) is 0 Å². The van der Waals surface area contributed by atoms with E-state index in [1.807, 2.05) is 6.92 Å². The van der Waals surface area contributed by atoms with E-state index in [9.17, 15) is 5.11 Å². The molecule has 0 aliphatic rings. The molecular formula is C10H24N2O. The number of hydrogen-bond acceptors (Lipinski definition) is 3. The lowest BCUT2D eigenvalue weighted by molar-refractivity contribution is 0.0324. The van der Waals surface area contributed by atoms with Crippen LogP contribution in [0.1, 0.15) is 33.1 Å². The Bertz CT molecular complexity index is 124. The van der Waals surface area contributed by atoms with Gasteiger partial charge in [0, 0.05) is 6.54 Å². The molecule has 1 atom stereocenters. The maximum atomic E-state index is 9.87. The standard InChI is InChI=1S/C10H24N2O/c1-4-10(13,9-11)7-6-8-12(3)5-2/h13H,4-9,11H2,1-3H3. The minimum Gasteiger partial charge on any atom is -0.389 e. The van der Waals surface area contributed by atoms with Gasteiger partial charge in [-0.25, -0.2) is 0 Å². The van der Waals surface area contributed by atoms with Gasteiger partial charge < -0.3 is 15.7 Å². The molecule has 0 aromatic carbocycles. The van der Waals surface area contributed by atoms with Crippen LogP contribution >= 0.6 is 0 Å². The number of nitrogens with zero attached hydrogens (tertiary/aromatic N) is 1. The molecule has 0 bridgehead atoms. The molecule has 3 N–H and O–H groups in total. The van der Waals surface area contributed by atoms with Gasteiger partial charge in [0.2, 0.25) is 0 Å². The Kier molecular flexibility index (Phi) is 6.29. The molecule has 0 aliphatic heterocycles. The van der Waals surface area contributed by atoms with Crippen LogP contribution < -0.4 is 5.73 Å². The molecule has 0 fully saturated rings. The fraction of sp³-hybridized carbons (Fsp3) is 1.00. The summed E-state index contributed by atoms with van der Waals surface area (Å²) in [6, 6.07) is 0. The summed E-state index contributed by atoms with van der Waals surface area (Å²) >= 11 is 0. The third-order valence-electron chi connectivity index (χ3n) is 2.76. The number of rotatable bonds is 7. The summed E-state index contributed by atoms with van der Waals surface area (Å²) in [5.74, 6) is 0. The van der Waals surface area contributed by atoms with Gasteiger partial charge in [-0.2, -0.15) is 0 Å². The first kappa shape index (κ1) is 12.9. The zero-order valence-corrected chi connectivity index (χ0v) is 9.21.